The molecule has 2 unspecified atom stereocenters. The van der Waals surface area contributed by atoms with Crippen molar-refractivity contribution < 1.29 is 22.7 Å². The minimum Gasteiger partial charge on any atom is -0.444 e. The molecule has 0 bridgehead atoms. The van der Waals surface area contributed by atoms with Crippen LogP contribution in [0.5, 0.6) is 0 Å². The van der Waals surface area contributed by atoms with Gasteiger partial charge in [0.05, 0.1) is 18.4 Å². The van der Waals surface area contributed by atoms with Gasteiger partial charge in [0.15, 0.2) is 0 Å². The Labute approximate surface area is 118 Å². The van der Waals surface area contributed by atoms with E-state index in [0.29, 0.717) is 19.6 Å². The molecule has 1 N–H and O–H groups in total. The molecule has 0 radical (unpaired) electrons. The summed E-state index contributed by atoms with van der Waals surface area (Å²) in [6, 6.07) is -0.597. The molecule has 0 spiro atoms. The summed E-state index contributed by atoms with van der Waals surface area (Å²) in [5, 5.41) is 2.57. The molecule has 0 aromatic heterocycles. The number of nitrogens with one attached hydrogen (secondary N) is 1. The molecule has 8 heteroatoms. The molecule has 1 rings (SSSR count). The molecule has 1 aliphatic rings. The maximum absolute atomic E-state index is 11.7. The Bertz CT molecular complexity index is 411. The van der Waals surface area contributed by atoms with Crippen LogP contribution >= 0.6 is 10.7 Å². The van der Waals surface area contributed by atoms with Crippen LogP contribution in [0, 0.1) is 5.92 Å². The standard InChI is InChI=1S/C11H20ClNO5S/c1-11(2,3)18-10(14)13-9(7-19(12,15)16)8-4-5-17-6-8/h8-9H,4-7H2,1-3H3,(H,13,14). The number of hydrogen-bond acceptors (Lipinski definition) is 5. The molecule has 1 fully saturated rings. The lowest BCUT2D eigenvalue weighted by Gasteiger charge is -2.25. The topological polar surface area (TPSA) is 81.7 Å². The largest absolute Gasteiger partial charge is 0.444 e. The fraction of sp³-hybridized carbons (Fsp3) is 0.909. The lowest BCUT2D eigenvalue weighted by molar-refractivity contribution is 0.0490. The number of amides is 1. The lowest BCUT2D eigenvalue weighted by atomic mass is 10.0. The lowest BCUT2D eigenvalue weighted by Crippen LogP contribution is -2.46. The zero-order valence-electron chi connectivity index (χ0n) is 11.3. The van der Waals surface area contributed by atoms with Gasteiger partial charge in [-0.3, -0.25) is 0 Å². The van der Waals surface area contributed by atoms with Crippen LogP contribution in [-0.4, -0.2) is 45.1 Å². The van der Waals surface area contributed by atoms with E-state index in [1.807, 2.05) is 0 Å². The van der Waals surface area contributed by atoms with Crippen molar-refractivity contribution in [3.63, 3.8) is 0 Å². The molecular formula is C11H20ClNO5S. The van der Waals surface area contributed by atoms with Crippen LogP contribution in [0.15, 0.2) is 0 Å². The number of alkyl carbamates (subject to hydrolysis) is 1. The summed E-state index contributed by atoms with van der Waals surface area (Å²) in [5.41, 5.74) is -0.638. The summed E-state index contributed by atoms with van der Waals surface area (Å²) >= 11 is 0. The van der Waals surface area contributed by atoms with E-state index in [9.17, 15) is 13.2 Å². The van der Waals surface area contributed by atoms with Gasteiger partial charge in [-0.2, -0.15) is 0 Å². The van der Waals surface area contributed by atoms with Crippen LogP contribution in [0.25, 0.3) is 0 Å². The van der Waals surface area contributed by atoms with Crippen molar-refractivity contribution >= 4 is 25.8 Å². The summed E-state index contributed by atoms with van der Waals surface area (Å²) in [6.07, 6.45) is 0.0390. The summed E-state index contributed by atoms with van der Waals surface area (Å²) < 4.78 is 32.7. The molecule has 0 saturated carbocycles. The highest BCUT2D eigenvalue weighted by atomic mass is 35.7. The van der Waals surface area contributed by atoms with Crippen LogP contribution in [0.4, 0.5) is 4.79 Å². The van der Waals surface area contributed by atoms with Gasteiger partial charge in [0.25, 0.3) is 0 Å². The molecule has 6 nitrogen and oxygen atoms in total. The molecule has 1 heterocycles. The van der Waals surface area contributed by atoms with Crippen LogP contribution < -0.4 is 5.32 Å². The summed E-state index contributed by atoms with van der Waals surface area (Å²) in [5.74, 6) is -0.400. The molecule has 2 atom stereocenters. The van der Waals surface area contributed by atoms with E-state index in [0.717, 1.165) is 0 Å². The highest BCUT2D eigenvalue weighted by Gasteiger charge is 2.31. The highest BCUT2D eigenvalue weighted by Crippen LogP contribution is 2.19. The number of ether oxygens (including phenoxy) is 2. The summed E-state index contributed by atoms with van der Waals surface area (Å²) in [4.78, 5) is 11.7. The van der Waals surface area contributed by atoms with E-state index < -0.39 is 26.8 Å². The zero-order valence-corrected chi connectivity index (χ0v) is 12.9. The molecule has 0 aromatic rings. The Hall–Kier alpha value is -0.530. The fourth-order valence-corrected chi connectivity index (χ4v) is 3.03. The van der Waals surface area contributed by atoms with E-state index in [1.165, 1.54) is 0 Å². The molecule has 0 aliphatic carbocycles. The first kappa shape index (κ1) is 16.5. The molecule has 0 aromatic carbocycles. The minimum absolute atomic E-state index is 0.0685. The van der Waals surface area contributed by atoms with Crippen molar-refractivity contribution in [2.24, 2.45) is 5.92 Å². The van der Waals surface area contributed by atoms with Crippen molar-refractivity contribution in [2.75, 3.05) is 19.0 Å². The number of carbonyl (C=O) groups excluding carboxylic acids is 1. The van der Waals surface area contributed by atoms with Crippen LogP contribution in [0.1, 0.15) is 27.2 Å². The van der Waals surface area contributed by atoms with E-state index in [-0.39, 0.29) is 11.7 Å². The Morgan fingerprint density at radius 1 is 1.53 bits per heavy atom. The van der Waals surface area contributed by atoms with Gasteiger partial charge in [0.1, 0.15) is 5.60 Å². The maximum atomic E-state index is 11.7. The minimum atomic E-state index is -3.70. The number of rotatable bonds is 4. The average molecular weight is 314 g/mol. The van der Waals surface area contributed by atoms with Gasteiger partial charge in [-0.25, -0.2) is 13.2 Å². The number of carbonyl (C=O) groups is 1. The van der Waals surface area contributed by atoms with Crippen molar-refractivity contribution in [2.45, 2.75) is 38.8 Å². The van der Waals surface area contributed by atoms with E-state index in [2.05, 4.69) is 5.32 Å². The average Bonchev–Trinajstić information content (AvgIpc) is 2.62. The summed E-state index contributed by atoms with van der Waals surface area (Å²) in [7, 11) is 1.56. The predicted octanol–water partition coefficient (Wildman–Crippen LogP) is 1.48. The third-order valence-electron chi connectivity index (χ3n) is 2.61. The van der Waals surface area contributed by atoms with Gasteiger partial charge >= 0.3 is 6.09 Å². The first-order chi connectivity index (χ1) is 8.57. The van der Waals surface area contributed by atoms with Crippen molar-refractivity contribution in [3.8, 4) is 0 Å². The SMILES string of the molecule is CC(C)(C)OC(=O)NC(CS(=O)(=O)Cl)C1CCOC1. The normalized spacial score (nSPS) is 22.0. The van der Waals surface area contributed by atoms with Crippen LogP contribution in [0.2, 0.25) is 0 Å². The van der Waals surface area contributed by atoms with Gasteiger partial charge in [-0.15, -0.1) is 0 Å². The van der Waals surface area contributed by atoms with Crippen molar-refractivity contribution in [1.82, 2.24) is 5.32 Å². The Balaban J connectivity index is 2.66. The number of hydrogen-bond donors (Lipinski definition) is 1. The molecule has 112 valence electrons. The highest BCUT2D eigenvalue weighted by molar-refractivity contribution is 8.13. The third-order valence-corrected chi connectivity index (χ3v) is 3.75. The Kier molecular flexibility index (Phi) is 5.46. The predicted molar refractivity (Wildman–Crippen MR) is 71.7 cm³/mol. The van der Waals surface area contributed by atoms with Crippen molar-refractivity contribution in [1.29, 1.82) is 0 Å². The summed E-state index contributed by atoms with van der Waals surface area (Å²) in [6.45, 7) is 6.17. The first-order valence-corrected chi connectivity index (χ1v) is 8.54. The van der Waals surface area contributed by atoms with Gasteiger partial charge < -0.3 is 14.8 Å². The Morgan fingerprint density at radius 2 is 2.16 bits per heavy atom. The fourth-order valence-electron chi connectivity index (χ4n) is 1.84. The van der Waals surface area contributed by atoms with Gasteiger partial charge in [-0.1, -0.05) is 0 Å². The number of halogens is 1. The smallest absolute Gasteiger partial charge is 0.407 e. The first-order valence-electron chi connectivity index (χ1n) is 6.06. The monoisotopic (exact) mass is 313 g/mol. The molecule has 1 amide bonds. The van der Waals surface area contributed by atoms with Gasteiger partial charge in [0.2, 0.25) is 9.05 Å². The van der Waals surface area contributed by atoms with E-state index >= 15 is 0 Å². The van der Waals surface area contributed by atoms with Gasteiger partial charge in [0, 0.05) is 23.2 Å². The zero-order chi connectivity index (χ0) is 14.7. The van der Waals surface area contributed by atoms with Crippen LogP contribution in [0.3, 0.4) is 0 Å². The molecule has 1 saturated heterocycles. The molecule has 1 aliphatic heterocycles. The molecular weight excluding hydrogens is 294 g/mol. The third kappa shape index (κ3) is 6.98. The second kappa shape index (κ2) is 6.28. The second-order valence-corrected chi connectivity index (χ2v) is 8.40. The maximum Gasteiger partial charge on any atom is 0.407 e. The second-order valence-electron chi connectivity index (χ2n) is 5.58. The van der Waals surface area contributed by atoms with Gasteiger partial charge in [-0.05, 0) is 27.2 Å². The van der Waals surface area contributed by atoms with E-state index in [4.69, 9.17) is 20.2 Å². The van der Waals surface area contributed by atoms with Crippen LogP contribution in [-0.2, 0) is 18.5 Å². The molecule has 19 heavy (non-hydrogen) atoms. The van der Waals surface area contributed by atoms with E-state index in [1.54, 1.807) is 20.8 Å². The van der Waals surface area contributed by atoms with Crippen molar-refractivity contribution in [3.05, 3.63) is 0 Å². The Morgan fingerprint density at radius 3 is 2.58 bits per heavy atom. The quantitative estimate of drug-likeness (QED) is 0.795.